The minimum Gasteiger partial charge on any atom is -0.493 e. The summed E-state index contributed by atoms with van der Waals surface area (Å²) in [4.78, 5) is 23.7. The highest BCUT2D eigenvalue weighted by atomic mass is 35.5. The van der Waals surface area contributed by atoms with Crippen molar-refractivity contribution in [2.24, 2.45) is 0 Å². The molecule has 0 aliphatic carbocycles. The summed E-state index contributed by atoms with van der Waals surface area (Å²) in [5.41, 5.74) is 0.345. The second kappa shape index (κ2) is 7.01. The molecule has 0 fully saturated rings. The fourth-order valence-corrected chi connectivity index (χ4v) is 1.60. The van der Waals surface area contributed by atoms with Crippen molar-refractivity contribution < 1.29 is 14.3 Å². The van der Waals surface area contributed by atoms with E-state index in [1.165, 1.54) is 4.90 Å². The second-order valence-corrected chi connectivity index (χ2v) is 4.42. The van der Waals surface area contributed by atoms with Crippen LogP contribution in [-0.2, 0) is 4.79 Å². The van der Waals surface area contributed by atoms with Crippen molar-refractivity contribution in [3.8, 4) is 5.75 Å². The van der Waals surface area contributed by atoms with Crippen molar-refractivity contribution in [1.29, 1.82) is 0 Å². The molecule has 0 atom stereocenters. The molecule has 1 amide bonds. The van der Waals surface area contributed by atoms with Crippen LogP contribution in [0.5, 0.6) is 5.75 Å². The van der Waals surface area contributed by atoms with Crippen LogP contribution in [0.1, 0.15) is 23.2 Å². The van der Waals surface area contributed by atoms with Gasteiger partial charge in [0, 0.05) is 20.5 Å². The SMILES string of the molecule is CN(C)C(=O)CCCOc1cccc(Cl)c1C=O. The maximum absolute atomic E-state index is 11.3. The molecular weight excluding hydrogens is 254 g/mol. The van der Waals surface area contributed by atoms with E-state index in [-0.39, 0.29) is 5.91 Å². The topological polar surface area (TPSA) is 46.6 Å². The van der Waals surface area contributed by atoms with E-state index in [9.17, 15) is 9.59 Å². The normalized spacial score (nSPS) is 9.94. The van der Waals surface area contributed by atoms with Crippen molar-refractivity contribution in [3.63, 3.8) is 0 Å². The van der Waals surface area contributed by atoms with E-state index in [0.717, 1.165) is 0 Å². The van der Waals surface area contributed by atoms with Gasteiger partial charge >= 0.3 is 0 Å². The summed E-state index contributed by atoms with van der Waals surface area (Å²) in [5, 5.41) is 0.367. The zero-order valence-corrected chi connectivity index (χ0v) is 11.2. The lowest BCUT2D eigenvalue weighted by Crippen LogP contribution is -2.21. The molecular formula is C13H16ClNO3. The number of nitrogens with zero attached hydrogens (tertiary/aromatic N) is 1. The third-order valence-electron chi connectivity index (χ3n) is 2.42. The number of carbonyl (C=O) groups is 2. The van der Waals surface area contributed by atoms with E-state index >= 15 is 0 Å². The highest BCUT2D eigenvalue weighted by Crippen LogP contribution is 2.24. The predicted molar refractivity (Wildman–Crippen MR) is 70.3 cm³/mol. The summed E-state index contributed by atoms with van der Waals surface area (Å²) in [7, 11) is 3.43. The number of ether oxygens (including phenoxy) is 1. The van der Waals surface area contributed by atoms with E-state index in [2.05, 4.69) is 0 Å². The van der Waals surface area contributed by atoms with Crippen LogP contribution in [0.2, 0.25) is 5.02 Å². The van der Waals surface area contributed by atoms with E-state index in [0.29, 0.717) is 42.1 Å². The number of carbonyl (C=O) groups excluding carboxylic acids is 2. The average Bonchev–Trinajstić information content (AvgIpc) is 2.34. The summed E-state index contributed by atoms with van der Waals surface area (Å²) < 4.78 is 5.45. The van der Waals surface area contributed by atoms with Gasteiger partial charge in [0.25, 0.3) is 0 Å². The Bertz CT molecular complexity index is 432. The monoisotopic (exact) mass is 269 g/mol. The highest BCUT2D eigenvalue weighted by Gasteiger charge is 2.08. The van der Waals surface area contributed by atoms with Gasteiger partial charge in [0.15, 0.2) is 6.29 Å². The quantitative estimate of drug-likeness (QED) is 0.588. The molecule has 5 heteroatoms. The van der Waals surface area contributed by atoms with Crippen molar-refractivity contribution in [3.05, 3.63) is 28.8 Å². The molecule has 1 aromatic rings. The Morgan fingerprint density at radius 1 is 1.44 bits per heavy atom. The van der Waals surface area contributed by atoms with Crippen LogP contribution in [0.15, 0.2) is 18.2 Å². The van der Waals surface area contributed by atoms with Crippen molar-refractivity contribution in [1.82, 2.24) is 4.90 Å². The lowest BCUT2D eigenvalue weighted by atomic mass is 10.2. The van der Waals surface area contributed by atoms with Gasteiger partial charge in [-0.15, -0.1) is 0 Å². The summed E-state index contributed by atoms with van der Waals surface area (Å²) >= 11 is 5.86. The standard InChI is InChI=1S/C13H16ClNO3/c1-15(2)13(17)7-4-8-18-12-6-3-5-11(14)10(12)9-16/h3,5-6,9H,4,7-8H2,1-2H3. The van der Waals surface area contributed by atoms with E-state index in [4.69, 9.17) is 16.3 Å². The van der Waals surface area contributed by atoms with Gasteiger partial charge in [-0.2, -0.15) is 0 Å². The Kier molecular flexibility index (Phi) is 5.65. The fourth-order valence-electron chi connectivity index (χ4n) is 1.39. The number of aldehydes is 1. The number of hydrogen-bond acceptors (Lipinski definition) is 3. The van der Waals surface area contributed by atoms with E-state index < -0.39 is 0 Å². The third kappa shape index (κ3) is 4.04. The van der Waals surface area contributed by atoms with Gasteiger partial charge in [0.2, 0.25) is 5.91 Å². The van der Waals surface area contributed by atoms with Gasteiger partial charge in [-0.05, 0) is 18.6 Å². The van der Waals surface area contributed by atoms with Crippen molar-refractivity contribution in [2.75, 3.05) is 20.7 Å². The van der Waals surface area contributed by atoms with Gasteiger partial charge < -0.3 is 9.64 Å². The fraction of sp³-hybridized carbons (Fsp3) is 0.385. The predicted octanol–water partition coefficient (Wildman–Crippen LogP) is 2.40. The summed E-state index contributed by atoms with van der Waals surface area (Å²) in [6.07, 6.45) is 1.69. The summed E-state index contributed by atoms with van der Waals surface area (Å²) in [5.74, 6) is 0.509. The largest absolute Gasteiger partial charge is 0.493 e. The molecule has 0 heterocycles. The van der Waals surface area contributed by atoms with Gasteiger partial charge in [-0.25, -0.2) is 0 Å². The van der Waals surface area contributed by atoms with Gasteiger partial charge in [0.05, 0.1) is 17.2 Å². The molecule has 0 saturated heterocycles. The first-order valence-electron chi connectivity index (χ1n) is 5.63. The maximum Gasteiger partial charge on any atom is 0.222 e. The van der Waals surface area contributed by atoms with Crippen LogP contribution >= 0.6 is 11.6 Å². The minimum absolute atomic E-state index is 0.0558. The lowest BCUT2D eigenvalue weighted by Gasteiger charge is -2.11. The number of rotatable bonds is 6. The molecule has 0 aliphatic rings. The molecule has 0 spiro atoms. The Labute approximate surface area is 111 Å². The van der Waals surface area contributed by atoms with E-state index in [1.807, 2.05) is 0 Å². The van der Waals surface area contributed by atoms with Gasteiger partial charge in [0.1, 0.15) is 5.75 Å². The molecule has 98 valence electrons. The maximum atomic E-state index is 11.3. The average molecular weight is 270 g/mol. The molecule has 0 saturated carbocycles. The van der Waals surface area contributed by atoms with Crippen LogP contribution in [-0.4, -0.2) is 37.8 Å². The lowest BCUT2D eigenvalue weighted by molar-refractivity contribution is -0.128. The minimum atomic E-state index is 0.0558. The first kappa shape index (κ1) is 14.5. The van der Waals surface area contributed by atoms with E-state index in [1.54, 1.807) is 32.3 Å². The molecule has 1 rings (SSSR count). The van der Waals surface area contributed by atoms with Gasteiger partial charge in [-0.3, -0.25) is 9.59 Å². The molecule has 1 aromatic carbocycles. The molecule has 0 radical (unpaired) electrons. The van der Waals surface area contributed by atoms with Crippen LogP contribution in [0.25, 0.3) is 0 Å². The summed E-state index contributed by atoms with van der Waals surface area (Å²) in [6.45, 7) is 0.376. The molecule has 0 aromatic heterocycles. The van der Waals surface area contributed by atoms with Crippen LogP contribution in [0.3, 0.4) is 0 Å². The van der Waals surface area contributed by atoms with Crippen LogP contribution in [0, 0.1) is 0 Å². The smallest absolute Gasteiger partial charge is 0.222 e. The Morgan fingerprint density at radius 3 is 2.78 bits per heavy atom. The van der Waals surface area contributed by atoms with Crippen LogP contribution in [0.4, 0.5) is 0 Å². The number of benzene rings is 1. The first-order chi connectivity index (χ1) is 8.56. The molecule has 18 heavy (non-hydrogen) atoms. The molecule has 0 unspecified atom stereocenters. The Balaban J connectivity index is 2.47. The summed E-state index contributed by atoms with van der Waals surface area (Å²) in [6, 6.07) is 5.03. The second-order valence-electron chi connectivity index (χ2n) is 4.01. The highest BCUT2D eigenvalue weighted by molar-refractivity contribution is 6.33. The number of hydrogen-bond donors (Lipinski definition) is 0. The molecule has 0 aliphatic heterocycles. The Morgan fingerprint density at radius 2 is 2.17 bits per heavy atom. The van der Waals surface area contributed by atoms with Crippen molar-refractivity contribution in [2.45, 2.75) is 12.8 Å². The zero-order valence-electron chi connectivity index (χ0n) is 10.5. The van der Waals surface area contributed by atoms with Crippen LogP contribution < -0.4 is 4.74 Å². The van der Waals surface area contributed by atoms with Gasteiger partial charge in [-0.1, -0.05) is 17.7 Å². The third-order valence-corrected chi connectivity index (χ3v) is 2.75. The Hall–Kier alpha value is -1.55. The molecule has 0 N–H and O–H groups in total. The molecule has 0 bridgehead atoms. The van der Waals surface area contributed by atoms with Crippen molar-refractivity contribution >= 4 is 23.8 Å². The first-order valence-corrected chi connectivity index (χ1v) is 6.00. The number of amides is 1. The number of halogens is 1. The molecule has 4 nitrogen and oxygen atoms in total. The zero-order chi connectivity index (χ0) is 13.5.